The Kier molecular flexibility index (Phi) is 10.5. The molecule has 0 amide bonds. The van der Waals surface area contributed by atoms with E-state index in [1.165, 1.54) is 20.8 Å². The Labute approximate surface area is 141 Å². The molecule has 0 saturated heterocycles. The van der Waals surface area contributed by atoms with E-state index in [4.69, 9.17) is 0 Å². The third-order valence-corrected chi connectivity index (χ3v) is 12.6. The van der Waals surface area contributed by atoms with E-state index < -0.39 is 30.0 Å². The maximum atomic E-state index is 11.7. The molecule has 0 N–H and O–H groups in total. The molecule has 0 radical (unpaired) electrons. The van der Waals surface area contributed by atoms with Crippen LogP contribution in [-0.4, -0.2) is 34.7 Å². The van der Waals surface area contributed by atoms with Crippen molar-refractivity contribution >= 4 is 34.7 Å². The van der Waals surface area contributed by atoms with Crippen molar-refractivity contribution in [2.75, 3.05) is 0 Å². The van der Waals surface area contributed by atoms with E-state index in [9.17, 15) is 28.8 Å². The first-order valence-corrected chi connectivity index (χ1v) is 14.8. The predicted molar refractivity (Wildman–Crippen MR) is 75.3 cm³/mol. The van der Waals surface area contributed by atoms with Crippen LogP contribution in [0.25, 0.3) is 0 Å². The summed E-state index contributed by atoms with van der Waals surface area (Å²) in [6.45, 7) is 3.93. The van der Waals surface area contributed by atoms with Gasteiger partial charge in [-0.2, -0.15) is 0 Å². The molecule has 0 aromatic heterocycles. The Morgan fingerprint density at radius 1 is 0.545 bits per heavy atom. The average Bonchev–Trinajstić information content (AvgIpc) is 2.23. The van der Waals surface area contributed by atoms with Crippen molar-refractivity contribution in [1.82, 2.24) is 0 Å². The molecule has 22 heavy (non-hydrogen) atoms. The van der Waals surface area contributed by atoms with Crippen LogP contribution in [0.5, 0.6) is 0 Å². The molecule has 0 bridgehead atoms. The van der Waals surface area contributed by atoms with Crippen molar-refractivity contribution in [1.29, 1.82) is 0 Å². The van der Waals surface area contributed by atoms with Crippen LogP contribution in [0, 0.1) is 30.0 Å². The Morgan fingerprint density at radius 3 is 0.955 bits per heavy atom. The molecule has 0 aromatic rings. The van der Waals surface area contributed by atoms with E-state index in [0.717, 1.165) is 0 Å². The summed E-state index contributed by atoms with van der Waals surface area (Å²) in [6.07, 6.45) is -0.547. The summed E-state index contributed by atoms with van der Waals surface area (Å²) in [6, 6.07) is 0. The van der Waals surface area contributed by atoms with E-state index in [0.29, 0.717) is 0 Å². The summed E-state index contributed by atoms with van der Waals surface area (Å²) in [5.74, 6) is -1.48. The van der Waals surface area contributed by atoms with Gasteiger partial charge >= 0.3 is 142 Å². The first-order chi connectivity index (χ1) is 10.1. The number of carbonyl (C=O) groups is 6. The molecule has 0 saturated carbocycles. The molecular weight excluding hydrogens is 415 g/mol. The van der Waals surface area contributed by atoms with Gasteiger partial charge in [0.15, 0.2) is 0 Å². The van der Waals surface area contributed by atoms with E-state index in [2.05, 4.69) is 0 Å². The predicted octanol–water partition coefficient (Wildman–Crippen LogP) is 1.51. The van der Waals surface area contributed by atoms with Gasteiger partial charge in [0.2, 0.25) is 0 Å². The van der Waals surface area contributed by atoms with Crippen LogP contribution in [0.2, 0.25) is 8.47 Å². The SMILES string of the molecule is CC(=O)CC(=O)[CH2][La]([CH2]C(=O)CC(C)=O)[CH2]C(=O)CC(C)=O. The third-order valence-electron chi connectivity index (χ3n) is 2.89. The quantitative estimate of drug-likeness (QED) is 0.430. The van der Waals surface area contributed by atoms with Gasteiger partial charge in [-0.05, 0) is 0 Å². The molecule has 7 heteroatoms. The van der Waals surface area contributed by atoms with Gasteiger partial charge in [-0.3, -0.25) is 0 Å². The third kappa shape index (κ3) is 11.8. The average molecular weight is 436 g/mol. The summed E-state index contributed by atoms with van der Waals surface area (Å²) in [5.41, 5.74) is 0. The molecule has 0 spiro atoms. The van der Waals surface area contributed by atoms with Crippen molar-refractivity contribution in [3.63, 3.8) is 0 Å². The molecule has 0 rings (SSSR count). The summed E-state index contributed by atoms with van der Waals surface area (Å²) < 4.78 is 0.437. The van der Waals surface area contributed by atoms with Crippen LogP contribution in [0.3, 0.4) is 0 Å². The minimum absolute atomic E-state index is 0.146. The van der Waals surface area contributed by atoms with Gasteiger partial charge < -0.3 is 0 Å². The van der Waals surface area contributed by atoms with Gasteiger partial charge in [0, 0.05) is 0 Å². The first-order valence-electron chi connectivity index (χ1n) is 7.13. The molecule has 0 atom stereocenters. The topological polar surface area (TPSA) is 102 Å². The number of hydrogen-bond donors (Lipinski definition) is 0. The standard InChI is InChI=1S/3C5H7O2.La/c3*1-4(6)3-5(2)7;/h3*1,3H2,2H3;. The number of carbonyl (C=O) groups excluding carboxylic acids is 6. The van der Waals surface area contributed by atoms with Gasteiger partial charge in [0.25, 0.3) is 0 Å². The summed E-state index contributed by atoms with van der Waals surface area (Å²) >= 11 is -3.00. The molecule has 0 aromatic carbocycles. The maximum absolute atomic E-state index is 11.7. The fourth-order valence-corrected chi connectivity index (χ4v) is 11.0. The summed E-state index contributed by atoms with van der Waals surface area (Å²) in [7, 11) is 0. The van der Waals surface area contributed by atoms with Gasteiger partial charge in [0.05, 0.1) is 0 Å². The van der Waals surface area contributed by atoms with Crippen LogP contribution in [0.15, 0.2) is 0 Å². The van der Waals surface area contributed by atoms with Crippen LogP contribution in [0.4, 0.5) is 0 Å². The van der Waals surface area contributed by atoms with E-state index in [1.807, 2.05) is 0 Å². The van der Waals surface area contributed by atoms with Gasteiger partial charge in [0.1, 0.15) is 0 Å². The molecule has 6 nitrogen and oxygen atoms in total. The van der Waals surface area contributed by atoms with Crippen molar-refractivity contribution in [2.24, 2.45) is 0 Å². The molecule has 0 aliphatic rings. The van der Waals surface area contributed by atoms with E-state index >= 15 is 0 Å². The monoisotopic (exact) mass is 436 g/mol. The van der Waals surface area contributed by atoms with E-state index in [-0.39, 0.29) is 62.4 Å². The fraction of sp³-hybridized carbons (Fsp3) is 0.600. The minimum atomic E-state index is -3.00. The summed E-state index contributed by atoms with van der Waals surface area (Å²) in [4.78, 5) is 68.1. The van der Waals surface area contributed by atoms with Crippen molar-refractivity contribution in [3.05, 3.63) is 0 Å². The first kappa shape index (κ1) is 21.2. The van der Waals surface area contributed by atoms with Crippen LogP contribution in [0.1, 0.15) is 40.0 Å². The zero-order valence-electron chi connectivity index (χ0n) is 13.3. The van der Waals surface area contributed by atoms with Crippen molar-refractivity contribution in [2.45, 2.75) is 48.5 Å². The fourth-order valence-electron chi connectivity index (χ4n) is 2.23. The molecule has 0 heterocycles. The van der Waals surface area contributed by atoms with Gasteiger partial charge in [-0.15, -0.1) is 0 Å². The number of ketones is 6. The Bertz CT molecular complexity index is 423. The Morgan fingerprint density at radius 2 is 0.773 bits per heavy atom. The zero-order chi connectivity index (χ0) is 17.3. The van der Waals surface area contributed by atoms with Gasteiger partial charge in [-0.1, -0.05) is 0 Å². The molecule has 0 unspecified atom stereocenters. The number of hydrogen-bond acceptors (Lipinski definition) is 6. The van der Waals surface area contributed by atoms with Crippen molar-refractivity contribution in [3.8, 4) is 0 Å². The molecule has 0 aliphatic heterocycles. The van der Waals surface area contributed by atoms with E-state index in [1.54, 1.807) is 0 Å². The zero-order valence-corrected chi connectivity index (χ0v) is 16.9. The molecule has 0 fully saturated rings. The number of Topliss-reactive ketones (excluding diaryl/α,β-unsaturated/α-hetero) is 6. The molecule has 120 valence electrons. The Hall–Kier alpha value is -0.785. The Balaban J connectivity index is 4.74. The van der Waals surface area contributed by atoms with Crippen LogP contribution in [-0.2, 0) is 28.8 Å². The van der Waals surface area contributed by atoms with Gasteiger partial charge in [-0.25, -0.2) is 0 Å². The molecular formula is C15H21LaO6. The number of rotatable bonds is 12. The second kappa shape index (κ2) is 10.9. The normalized spacial score (nSPS) is 9.95. The second-order valence-corrected chi connectivity index (χ2v) is 15.0. The van der Waals surface area contributed by atoms with Crippen LogP contribution < -0.4 is 0 Å². The summed E-state index contributed by atoms with van der Waals surface area (Å²) in [5, 5.41) is 0. The molecule has 0 aliphatic carbocycles. The second-order valence-electron chi connectivity index (χ2n) is 5.73. The van der Waals surface area contributed by atoms with Crippen LogP contribution >= 0.6 is 0 Å². The van der Waals surface area contributed by atoms with Crippen molar-refractivity contribution < 1.29 is 58.8 Å².